The van der Waals surface area contributed by atoms with Gasteiger partial charge in [-0.15, -0.1) is 0 Å². The van der Waals surface area contributed by atoms with Gasteiger partial charge in [-0.25, -0.2) is 0 Å². The van der Waals surface area contributed by atoms with E-state index in [0.717, 1.165) is 0 Å². The minimum absolute atomic E-state index is 0.258. The predicted molar refractivity (Wildman–Crippen MR) is 92.2 cm³/mol. The van der Waals surface area contributed by atoms with Crippen molar-refractivity contribution in [1.82, 2.24) is 0 Å². The molecule has 6 heteroatoms. The lowest BCUT2D eigenvalue weighted by molar-refractivity contribution is 0.294. The predicted octanol–water partition coefficient (Wildman–Crippen LogP) is 5.54. The molecule has 0 radical (unpaired) electrons. The molecule has 2 nitrogen and oxygen atoms in total. The van der Waals surface area contributed by atoms with Crippen molar-refractivity contribution in [2.45, 2.75) is 76.8 Å². The van der Waals surface area contributed by atoms with Crippen molar-refractivity contribution < 1.29 is 8.85 Å². The second-order valence-electron chi connectivity index (χ2n) is 5.79. The van der Waals surface area contributed by atoms with E-state index in [4.69, 9.17) is 8.85 Å². The maximum Gasteiger partial charge on any atom is 0.188 e. The van der Waals surface area contributed by atoms with Gasteiger partial charge in [0.15, 0.2) is 16.6 Å². The van der Waals surface area contributed by atoms with E-state index in [-0.39, 0.29) is 10.9 Å². The summed E-state index contributed by atoms with van der Waals surface area (Å²) in [5.74, 6) is 0. The fraction of sp³-hybridized carbons (Fsp3) is 1.00. The molecule has 0 N–H and O–H groups in total. The Morgan fingerprint density at radius 2 is 1.06 bits per heavy atom. The summed E-state index contributed by atoms with van der Waals surface area (Å²) >= 11 is 0. The van der Waals surface area contributed by atoms with Gasteiger partial charge in [0, 0.05) is 0 Å². The fourth-order valence-electron chi connectivity index (χ4n) is 1.26. The minimum atomic E-state index is -1.43. The van der Waals surface area contributed by atoms with Gasteiger partial charge in [-0.3, -0.25) is 0 Å². The lowest BCUT2D eigenvalue weighted by Gasteiger charge is -2.28. The van der Waals surface area contributed by atoms with Crippen LogP contribution < -0.4 is 0 Å². The van der Waals surface area contributed by atoms with Gasteiger partial charge >= 0.3 is 0 Å². The van der Waals surface area contributed by atoms with Crippen LogP contribution in [0.15, 0.2) is 0 Å². The van der Waals surface area contributed by atoms with E-state index in [0.29, 0.717) is 0 Å². The summed E-state index contributed by atoms with van der Waals surface area (Å²) in [4.78, 5) is 0. The molecule has 110 valence electrons. The molecule has 0 saturated carbocycles. The highest BCUT2D eigenvalue weighted by molar-refractivity contribution is 8.77. The van der Waals surface area contributed by atoms with Crippen LogP contribution in [0.5, 0.6) is 0 Å². The van der Waals surface area contributed by atoms with Crippen molar-refractivity contribution in [2.75, 3.05) is 0 Å². The molecule has 18 heavy (non-hydrogen) atoms. The molecule has 2 atom stereocenters. The molecule has 0 aromatic carbocycles. The Labute approximate surface area is 124 Å². The molecule has 0 saturated heterocycles. The van der Waals surface area contributed by atoms with Gasteiger partial charge in [0.1, 0.15) is 0 Å². The molecule has 0 aliphatic rings. The monoisotopic (exact) mass is 326 g/mol. The Morgan fingerprint density at radius 3 is 1.28 bits per heavy atom. The molecule has 0 rings (SSSR count). The Hall–Kier alpha value is 1.05. The van der Waals surface area contributed by atoms with Crippen molar-refractivity contribution in [3.05, 3.63) is 0 Å². The number of hydrogen-bond donors (Lipinski definition) is 0. The van der Waals surface area contributed by atoms with E-state index in [9.17, 15) is 0 Å². The summed E-state index contributed by atoms with van der Waals surface area (Å²) in [5, 5.41) is 0. The average Bonchev–Trinajstić information content (AvgIpc) is 2.25. The van der Waals surface area contributed by atoms with Crippen LogP contribution in [0.1, 0.15) is 27.7 Å². The molecular weight excluding hydrogens is 296 g/mol. The van der Waals surface area contributed by atoms with Crippen LogP contribution in [0.3, 0.4) is 0 Å². The molecule has 0 fully saturated rings. The van der Waals surface area contributed by atoms with Gasteiger partial charge in [-0.05, 0) is 52.1 Å². The second kappa shape index (κ2) is 8.36. The van der Waals surface area contributed by atoms with Crippen molar-refractivity contribution in [2.24, 2.45) is 0 Å². The molecule has 0 heterocycles. The molecule has 2 unspecified atom stereocenters. The first-order chi connectivity index (χ1) is 8.12. The molecule has 0 spiro atoms. The quantitative estimate of drug-likeness (QED) is 0.314. The van der Waals surface area contributed by atoms with Crippen LogP contribution >= 0.6 is 21.6 Å². The summed E-state index contributed by atoms with van der Waals surface area (Å²) in [5.41, 5.74) is 0.517. The van der Waals surface area contributed by atoms with E-state index in [1.807, 2.05) is 0 Å². The SMILES string of the molecule is CC[Si](C)(C)OC(C)SSC(C)O[Si](C)(C)CC. The van der Waals surface area contributed by atoms with Crippen LogP contribution in [0.2, 0.25) is 38.3 Å². The number of hydrogen-bond acceptors (Lipinski definition) is 4. The average molecular weight is 327 g/mol. The third-order valence-corrected chi connectivity index (χ3v) is 11.5. The maximum absolute atomic E-state index is 6.13. The summed E-state index contributed by atoms with van der Waals surface area (Å²) in [6.45, 7) is 17.9. The molecule has 0 aromatic heterocycles. The van der Waals surface area contributed by atoms with Gasteiger partial charge in [-0.2, -0.15) is 0 Å². The van der Waals surface area contributed by atoms with Crippen molar-refractivity contribution in [3.8, 4) is 0 Å². The topological polar surface area (TPSA) is 18.5 Å². The highest BCUT2D eigenvalue weighted by Gasteiger charge is 2.25. The molecule has 0 amide bonds. The van der Waals surface area contributed by atoms with Crippen LogP contribution in [-0.2, 0) is 8.85 Å². The van der Waals surface area contributed by atoms with Crippen LogP contribution in [0.25, 0.3) is 0 Å². The zero-order chi connectivity index (χ0) is 14.4. The number of rotatable bonds is 9. The first-order valence-electron chi connectivity index (χ1n) is 6.79. The summed E-state index contributed by atoms with van der Waals surface area (Å²) in [6, 6.07) is 2.34. The third-order valence-electron chi connectivity index (χ3n) is 3.00. The largest absolute Gasteiger partial charge is 0.405 e. The summed E-state index contributed by atoms with van der Waals surface area (Å²) < 4.78 is 12.3. The zero-order valence-electron chi connectivity index (χ0n) is 13.2. The molecule has 0 aliphatic carbocycles. The Morgan fingerprint density at radius 1 is 0.778 bits per heavy atom. The van der Waals surface area contributed by atoms with Gasteiger partial charge in [0.2, 0.25) is 0 Å². The first-order valence-corrected chi connectivity index (χ1v) is 15.3. The van der Waals surface area contributed by atoms with E-state index in [2.05, 4.69) is 53.9 Å². The first kappa shape index (κ1) is 19.1. The van der Waals surface area contributed by atoms with Crippen molar-refractivity contribution in [1.29, 1.82) is 0 Å². The Kier molecular flexibility index (Phi) is 8.85. The molecule has 0 aliphatic heterocycles. The van der Waals surface area contributed by atoms with E-state index < -0.39 is 16.6 Å². The molecular formula is C12H30O2S2Si2. The Bertz CT molecular complexity index is 214. The van der Waals surface area contributed by atoms with Crippen molar-refractivity contribution >= 4 is 38.2 Å². The summed E-state index contributed by atoms with van der Waals surface area (Å²) in [6.07, 6.45) is 0. The van der Waals surface area contributed by atoms with Gasteiger partial charge < -0.3 is 8.85 Å². The van der Waals surface area contributed by atoms with E-state index in [1.165, 1.54) is 12.1 Å². The zero-order valence-corrected chi connectivity index (χ0v) is 16.8. The normalized spacial score (nSPS) is 16.7. The maximum atomic E-state index is 6.13. The third kappa shape index (κ3) is 9.04. The fourth-order valence-corrected chi connectivity index (χ4v) is 7.23. The Balaban J connectivity index is 3.95. The molecule has 0 bridgehead atoms. The van der Waals surface area contributed by atoms with Crippen molar-refractivity contribution in [3.63, 3.8) is 0 Å². The van der Waals surface area contributed by atoms with Crippen LogP contribution in [0, 0.1) is 0 Å². The lowest BCUT2D eigenvalue weighted by Crippen LogP contribution is -2.33. The highest BCUT2D eigenvalue weighted by Crippen LogP contribution is 2.35. The lowest BCUT2D eigenvalue weighted by atomic mass is 10.9. The summed E-state index contributed by atoms with van der Waals surface area (Å²) in [7, 11) is 0.744. The second-order valence-corrected chi connectivity index (χ2v) is 17.6. The van der Waals surface area contributed by atoms with Gasteiger partial charge in [0.05, 0.1) is 10.9 Å². The van der Waals surface area contributed by atoms with Crippen LogP contribution in [0.4, 0.5) is 0 Å². The van der Waals surface area contributed by atoms with Crippen LogP contribution in [-0.4, -0.2) is 27.5 Å². The van der Waals surface area contributed by atoms with E-state index >= 15 is 0 Å². The van der Waals surface area contributed by atoms with Gasteiger partial charge in [0.25, 0.3) is 0 Å². The highest BCUT2D eigenvalue weighted by atomic mass is 33.1. The van der Waals surface area contributed by atoms with Gasteiger partial charge in [-0.1, -0.05) is 35.4 Å². The van der Waals surface area contributed by atoms with E-state index in [1.54, 1.807) is 21.6 Å². The molecule has 0 aromatic rings. The minimum Gasteiger partial charge on any atom is -0.405 e. The standard InChI is InChI=1S/C12H30O2S2Si2/c1-9-17(5,6)13-11(3)15-16-12(4)14-18(7,8)10-2/h11-12H,9-10H2,1-8H3. The smallest absolute Gasteiger partial charge is 0.188 e.